The molecule has 5 heteroatoms. The molecule has 5 nitrogen and oxygen atoms in total. The molecule has 1 fully saturated rings. The summed E-state index contributed by atoms with van der Waals surface area (Å²) < 4.78 is 0. The van der Waals surface area contributed by atoms with E-state index in [-0.39, 0.29) is 5.91 Å². The van der Waals surface area contributed by atoms with E-state index < -0.39 is 0 Å². The third-order valence-electron chi connectivity index (χ3n) is 3.36. The summed E-state index contributed by atoms with van der Waals surface area (Å²) in [6.45, 7) is 4.70. The molecule has 0 atom stereocenters. The van der Waals surface area contributed by atoms with Crippen molar-refractivity contribution >= 4 is 16.8 Å². The van der Waals surface area contributed by atoms with Crippen LogP contribution >= 0.6 is 0 Å². The van der Waals surface area contributed by atoms with Crippen LogP contribution in [0.2, 0.25) is 0 Å². The summed E-state index contributed by atoms with van der Waals surface area (Å²) in [6, 6.07) is 3.92. The molecule has 0 bridgehead atoms. The number of nitrogens with one attached hydrogen (secondary N) is 3. The lowest BCUT2D eigenvalue weighted by atomic mass is 10.0. The van der Waals surface area contributed by atoms with E-state index in [1.54, 1.807) is 6.20 Å². The fourth-order valence-corrected chi connectivity index (χ4v) is 2.21. The number of aromatic amines is 1. The summed E-state index contributed by atoms with van der Waals surface area (Å²) >= 11 is 0. The van der Waals surface area contributed by atoms with Crippen LogP contribution < -0.4 is 10.6 Å². The molecule has 1 amide bonds. The maximum atomic E-state index is 12.2. The average molecular weight is 244 g/mol. The lowest BCUT2D eigenvalue weighted by Gasteiger charge is -2.27. The van der Waals surface area contributed by atoms with Crippen LogP contribution in [0.15, 0.2) is 18.3 Å². The molecule has 2 aromatic rings. The Kier molecular flexibility index (Phi) is 2.76. The Labute approximate surface area is 105 Å². The van der Waals surface area contributed by atoms with Crippen molar-refractivity contribution in [2.45, 2.75) is 6.92 Å². The van der Waals surface area contributed by atoms with Gasteiger partial charge in [-0.1, -0.05) is 0 Å². The molecule has 0 unspecified atom stereocenters. The number of aromatic nitrogens is 2. The van der Waals surface area contributed by atoms with Gasteiger partial charge in [0, 0.05) is 30.9 Å². The SMILES string of the molecule is Cc1cc(C(=O)NCC2CNC2)c2[nH]ncc2c1. The first-order valence-electron chi connectivity index (χ1n) is 6.16. The molecule has 0 spiro atoms. The van der Waals surface area contributed by atoms with Gasteiger partial charge in [0.15, 0.2) is 0 Å². The van der Waals surface area contributed by atoms with Crippen LogP contribution in [0.1, 0.15) is 15.9 Å². The number of hydrogen-bond acceptors (Lipinski definition) is 3. The van der Waals surface area contributed by atoms with Crippen LogP contribution in [0.4, 0.5) is 0 Å². The minimum absolute atomic E-state index is 0.0279. The zero-order valence-corrected chi connectivity index (χ0v) is 10.3. The van der Waals surface area contributed by atoms with E-state index in [0.717, 1.165) is 36.1 Å². The van der Waals surface area contributed by atoms with Gasteiger partial charge in [0.05, 0.1) is 17.3 Å². The Bertz CT molecular complexity index is 586. The van der Waals surface area contributed by atoms with Crippen molar-refractivity contribution in [3.8, 4) is 0 Å². The fourth-order valence-electron chi connectivity index (χ4n) is 2.21. The molecule has 18 heavy (non-hydrogen) atoms. The van der Waals surface area contributed by atoms with Crippen molar-refractivity contribution < 1.29 is 4.79 Å². The average Bonchev–Trinajstić information content (AvgIpc) is 2.73. The lowest BCUT2D eigenvalue weighted by molar-refractivity contribution is 0.0943. The van der Waals surface area contributed by atoms with Crippen molar-refractivity contribution in [1.82, 2.24) is 20.8 Å². The molecule has 3 rings (SSSR count). The highest BCUT2D eigenvalue weighted by Gasteiger charge is 2.18. The fraction of sp³-hybridized carbons (Fsp3) is 0.385. The molecule has 94 valence electrons. The number of H-pyrrole nitrogens is 1. The van der Waals surface area contributed by atoms with Gasteiger partial charge in [0.25, 0.3) is 5.91 Å². The van der Waals surface area contributed by atoms with Gasteiger partial charge in [-0.3, -0.25) is 9.89 Å². The second-order valence-electron chi connectivity index (χ2n) is 4.88. The van der Waals surface area contributed by atoms with Crippen molar-refractivity contribution in [2.24, 2.45) is 5.92 Å². The van der Waals surface area contributed by atoms with Crippen molar-refractivity contribution in [2.75, 3.05) is 19.6 Å². The van der Waals surface area contributed by atoms with E-state index in [2.05, 4.69) is 20.8 Å². The van der Waals surface area contributed by atoms with Gasteiger partial charge in [-0.15, -0.1) is 0 Å². The molecular weight excluding hydrogens is 228 g/mol. The lowest BCUT2D eigenvalue weighted by Crippen LogP contribution is -2.48. The van der Waals surface area contributed by atoms with Crippen LogP contribution in [-0.2, 0) is 0 Å². The van der Waals surface area contributed by atoms with Gasteiger partial charge in [0.2, 0.25) is 0 Å². The van der Waals surface area contributed by atoms with E-state index in [1.165, 1.54) is 0 Å². The smallest absolute Gasteiger partial charge is 0.253 e. The zero-order valence-electron chi connectivity index (χ0n) is 10.3. The van der Waals surface area contributed by atoms with Gasteiger partial charge >= 0.3 is 0 Å². The standard InChI is InChI=1S/C13H16N4O/c1-8-2-10-7-16-17-12(10)11(3-8)13(18)15-6-9-4-14-5-9/h2-3,7,9,14H,4-6H2,1H3,(H,15,18)(H,16,17). The van der Waals surface area contributed by atoms with E-state index in [9.17, 15) is 4.79 Å². The highest BCUT2D eigenvalue weighted by molar-refractivity contribution is 6.05. The molecular formula is C13H16N4O. The molecule has 0 aliphatic carbocycles. The Morgan fingerprint density at radius 1 is 1.50 bits per heavy atom. The van der Waals surface area contributed by atoms with Gasteiger partial charge in [-0.2, -0.15) is 5.10 Å². The molecule has 1 aromatic heterocycles. The number of aryl methyl sites for hydroxylation is 1. The summed E-state index contributed by atoms with van der Waals surface area (Å²) in [5.41, 5.74) is 2.55. The molecule has 2 heterocycles. The number of nitrogens with zero attached hydrogens (tertiary/aromatic N) is 1. The number of carbonyl (C=O) groups is 1. The number of benzene rings is 1. The maximum Gasteiger partial charge on any atom is 0.253 e. The Balaban J connectivity index is 1.83. The Hall–Kier alpha value is -1.88. The molecule has 0 radical (unpaired) electrons. The molecule has 0 saturated carbocycles. The number of rotatable bonds is 3. The molecule has 1 aliphatic heterocycles. The second-order valence-corrected chi connectivity index (χ2v) is 4.88. The monoisotopic (exact) mass is 244 g/mol. The van der Waals surface area contributed by atoms with Crippen LogP contribution in [0, 0.1) is 12.8 Å². The van der Waals surface area contributed by atoms with Gasteiger partial charge < -0.3 is 10.6 Å². The Morgan fingerprint density at radius 3 is 3.06 bits per heavy atom. The normalized spacial score (nSPS) is 15.6. The number of amides is 1. The largest absolute Gasteiger partial charge is 0.352 e. The number of fused-ring (bicyclic) bond motifs is 1. The zero-order chi connectivity index (χ0) is 12.5. The summed E-state index contributed by atoms with van der Waals surface area (Å²) in [5, 5.41) is 14.0. The van der Waals surface area contributed by atoms with E-state index in [4.69, 9.17) is 0 Å². The van der Waals surface area contributed by atoms with Crippen molar-refractivity contribution in [3.05, 3.63) is 29.5 Å². The Morgan fingerprint density at radius 2 is 2.33 bits per heavy atom. The number of hydrogen-bond donors (Lipinski definition) is 3. The van der Waals surface area contributed by atoms with Gasteiger partial charge in [0.1, 0.15) is 0 Å². The van der Waals surface area contributed by atoms with Crippen LogP contribution in [0.3, 0.4) is 0 Å². The number of carbonyl (C=O) groups excluding carboxylic acids is 1. The first-order valence-corrected chi connectivity index (χ1v) is 6.16. The molecule has 3 N–H and O–H groups in total. The first kappa shape index (κ1) is 11.2. The topological polar surface area (TPSA) is 69.8 Å². The van der Waals surface area contributed by atoms with E-state index in [0.29, 0.717) is 11.5 Å². The van der Waals surface area contributed by atoms with E-state index in [1.807, 2.05) is 19.1 Å². The van der Waals surface area contributed by atoms with Gasteiger partial charge in [-0.25, -0.2) is 0 Å². The molecule has 1 aliphatic rings. The predicted molar refractivity (Wildman–Crippen MR) is 69.5 cm³/mol. The van der Waals surface area contributed by atoms with Gasteiger partial charge in [-0.05, 0) is 24.6 Å². The van der Waals surface area contributed by atoms with Crippen molar-refractivity contribution in [1.29, 1.82) is 0 Å². The summed E-state index contributed by atoms with van der Waals surface area (Å²) in [4.78, 5) is 12.2. The quantitative estimate of drug-likeness (QED) is 0.748. The minimum Gasteiger partial charge on any atom is -0.352 e. The second kappa shape index (κ2) is 4.42. The third-order valence-corrected chi connectivity index (χ3v) is 3.36. The first-order chi connectivity index (χ1) is 8.74. The van der Waals surface area contributed by atoms with Crippen LogP contribution in [0.25, 0.3) is 10.9 Å². The van der Waals surface area contributed by atoms with Crippen LogP contribution in [-0.4, -0.2) is 35.7 Å². The predicted octanol–water partition coefficient (Wildman–Crippen LogP) is 0.821. The third kappa shape index (κ3) is 1.97. The summed E-state index contributed by atoms with van der Waals surface area (Å²) in [5.74, 6) is 0.538. The maximum absolute atomic E-state index is 12.2. The van der Waals surface area contributed by atoms with Crippen molar-refractivity contribution in [3.63, 3.8) is 0 Å². The van der Waals surface area contributed by atoms with E-state index >= 15 is 0 Å². The molecule has 1 saturated heterocycles. The molecule has 1 aromatic carbocycles. The highest BCUT2D eigenvalue weighted by Crippen LogP contribution is 2.18. The minimum atomic E-state index is -0.0279. The highest BCUT2D eigenvalue weighted by atomic mass is 16.1. The van der Waals surface area contributed by atoms with Crippen LogP contribution in [0.5, 0.6) is 0 Å². The summed E-state index contributed by atoms with van der Waals surface area (Å²) in [7, 11) is 0. The summed E-state index contributed by atoms with van der Waals surface area (Å²) in [6.07, 6.45) is 1.75.